The molecular weight excluding hydrogens is 426 g/mol. The van der Waals surface area contributed by atoms with Crippen LogP contribution in [-0.4, -0.2) is 15.5 Å². The maximum absolute atomic E-state index is 12.9. The predicted molar refractivity (Wildman–Crippen MR) is 134 cm³/mol. The zero-order valence-corrected chi connectivity index (χ0v) is 19.3. The molecule has 0 aliphatic rings. The van der Waals surface area contributed by atoms with Gasteiger partial charge in [-0.3, -0.25) is 9.59 Å². The van der Waals surface area contributed by atoms with Crippen molar-refractivity contribution in [2.24, 2.45) is 7.05 Å². The SMILES string of the molecule is Cc1ccc(NC(=O)c2cccc(C(C)CC#N)c2)cc1Nc1ccc2ncn(C)c(=O)c2c1. The minimum absolute atomic E-state index is 0.0573. The van der Waals surface area contributed by atoms with E-state index in [1.807, 2.05) is 56.3 Å². The smallest absolute Gasteiger partial charge is 0.260 e. The molecule has 0 aliphatic carbocycles. The molecule has 34 heavy (non-hydrogen) atoms. The molecule has 0 fully saturated rings. The molecule has 7 nitrogen and oxygen atoms in total. The number of amides is 1. The van der Waals surface area contributed by atoms with Gasteiger partial charge in [0.1, 0.15) is 0 Å². The van der Waals surface area contributed by atoms with Crippen molar-refractivity contribution in [3.8, 4) is 6.07 Å². The summed E-state index contributed by atoms with van der Waals surface area (Å²) < 4.78 is 1.45. The van der Waals surface area contributed by atoms with E-state index in [-0.39, 0.29) is 17.4 Å². The van der Waals surface area contributed by atoms with Crippen LogP contribution in [0.3, 0.4) is 0 Å². The Bertz CT molecular complexity index is 1480. The van der Waals surface area contributed by atoms with Crippen LogP contribution in [0, 0.1) is 18.3 Å². The largest absolute Gasteiger partial charge is 0.355 e. The van der Waals surface area contributed by atoms with Crippen LogP contribution in [0.5, 0.6) is 0 Å². The Morgan fingerprint density at radius 3 is 2.71 bits per heavy atom. The monoisotopic (exact) mass is 451 g/mol. The van der Waals surface area contributed by atoms with Gasteiger partial charge >= 0.3 is 0 Å². The van der Waals surface area contributed by atoms with E-state index in [0.29, 0.717) is 28.6 Å². The second-order valence-electron chi connectivity index (χ2n) is 8.39. The van der Waals surface area contributed by atoms with Crippen LogP contribution in [0.25, 0.3) is 10.9 Å². The Labute approximate surface area is 197 Å². The van der Waals surface area contributed by atoms with Crippen LogP contribution in [-0.2, 0) is 7.05 Å². The summed E-state index contributed by atoms with van der Waals surface area (Å²) >= 11 is 0. The van der Waals surface area contributed by atoms with Crippen LogP contribution in [0.2, 0.25) is 0 Å². The van der Waals surface area contributed by atoms with E-state index in [2.05, 4.69) is 21.7 Å². The summed E-state index contributed by atoms with van der Waals surface area (Å²) in [6, 6.07) is 20.6. The Morgan fingerprint density at radius 1 is 1.12 bits per heavy atom. The first-order chi connectivity index (χ1) is 16.4. The van der Waals surface area contributed by atoms with E-state index < -0.39 is 0 Å². The molecule has 0 spiro atoms. The molecule has 1 atom stereocenters. The molecule has 0 bridgehead atoms. The van der Waals surface area contributed by atoms with Crippen LogP contribution >= 0.6 is 0 Å². The summed E-state index contributed by atoms with van der Waals surface area (Å²) in [5.41, 5.74) is 5.22. The van der Waals surface area contributed by atoms with E-state index in [0.717, 1.165) is 22.5 Å². The van der Waals surface area contributed by atoms with Crippen LogP contribution in [0.1, 0.15) is 40.7 Å². The molecule has 1 amide bonds. The second-order valence-corrected chi connectivity index (χ2v) is 8.39. The number of nitrogens with zero attached hydrogens (tertiary/aromatic N) is 3. The van der Waals surface area contributed by atoms with E-state index in [1.165, 1.54) is 10.9 Å². The van der Waals surface area contributed by atoms with Crippen molar-refractivity contribution in [3.63, 3.8) is 0 Å². The average Bonchev–Trinajstić information content (AvgIpc) is 2.84. The van der Waals surface area contributed by atoms with Gasteiger partial charge in [0, 0.05) is 36.1 Å². The quantitative estimate of drug-likeness (QED) is 0.417. The average molecular weight is 452 g/mol. The van der Waals surface area contributed by atoms with Crippen LogP contribution in [0.15, 0.2) is 71.8 Å². The van der Waals surface area contributed by atoms with Crippen LogP contribution < -0.4 is 16.2 Å². The first-order valence-corrected chi connectivity index (χ1v) is 11.0. The Morgan fingerprint density at radius 2 is 1.91 bits per heavy atom. The maximum Gasteiger partial charge on any atom is 0.260 e. The van der Waals surface area contributed by atoms with E-state index in [9.17, 15) is 9.59 Å². The third-order valence-electron chi connectivity index (χ3n) is 5.81. The van der Waals surface area contributed by atoms with Crippen molar-refractivity contribution in [1.82, 2.24) is 9.55 Å². The van der Waals surface area contributed by atoms with E-state index in [1.54, 1.807) is 25.2 Å². The van der Waals surface area contributed by atoms with Gasteiger partial charge in [0.2, 0.25) is 0 Å². The first-order valence-electron chi connectivity index (χ1n) is 11.0. The van der Waals surface area contributed by atoms with Gasteiger partial charge in [-0.15, -0.1) is 0 Å². The number of rotatable bonds is 6. The molecule has 1 heterocycles. The molecule has 7 heteroatoms. The fourth-order valence-electron chi connectivity index (χ4n) is 3.72. The number of nitrogens with one attached hydrogen (secondary N) is 2. The highest BCUT2D eigenvalue weighted by Crippen LogP contribution is 2.26. The molecule has 4 rings (SSSR count). The third-order valence-corrected chi connectivity index (χ3v) is 5.81. The van der Waals surface area contributed by atoms with Gasteiger partial charge in [0.25, 0.3) is 11.5 Å². The number of carbonyl (C=O) groups excluding carboxylic acids is 1. The number of aromatic nitrogens is 2. The summed E-state index contributed by atoms with van der Waals surface area (Å²) in [5, 5.41) is 15.8. The summed E-state index contributed by atoms with van der Waals surface area (Å²) in [6.45, 7) is 3.94. The highest BCUT2D eigenvalue weighted by Gasteiger charge is 2.12. The number of fused-ring (bicyclic) bond motifs is 1. The topological polar surface area (TPSA) is 99.8 Å². The number of nitriles is 1. The minimum Gasteiger partial charge on any atom is -0.355 e. The zero-order chi connectivity index (χ0) is 24.2. The fourth-order valence-corrected chi connectivity index (χ4v) is 3.72. The molecule has 0 saturated heterocycles. The van der Waals surface area contributed by atoms with E-state index >= 15 is 0 Å². The van der Waals surface area contributed by atoms with Crippen molar-refractivity contribution in [3.05, 3.63) is 94.0 Å². The Hall–Kier alpha value is -4.44. The third kappa shape index (κ3) is 4.81. The lowest BCUT2D eigenvalue weighted by Gasteiger charge is -2.14. The van der Waals surface area contributed by atoms with Gasteiger partial charge in [-0.2, -0.15) is 5.26 Å². The van der Waals surface area contributed by atoms with Gasteiger partial charge in [0.15, 0.2) is 0 Å². The summed E-state index contributed by atoms with van der Waals surface area (Å²) in [5.74, 6) is -0.164. The van der Waals surface area contributed by atoms with Gasteiger partial charge in [-0.25, -0.2) is 4.98 Å². The molecule has 0 radical (unpaired) electrons. The fraction of sp³-hybridized carbons (Fsp3) is 0.185. The number of aryl methyl sites for hydroxylation is 2. The van der Waals surface area contributed by atoms with Crippen molar-refractivity contribution < 1.29 is 4.79 Å². The highest BCUT2D eigenvalue weighted by molar-refractivity contribution is 6.04. The predicted octanol–water partition coefficient (Wildman–Crippen LogP) is 5.26. The Balaban J connectivity index is 1.56. The molecule has 0 saturated carbocycles. The molecule has 0 aliphatic heterocycles. The van der Waals surface area contributed by atoms with Gasteiger partial charge < -0.3 is 15.2 Å². The highest BCUT2D eigenvalue weighted by atomic mass is 16.1. The summed E-state index contributed by atoms with van der Waals surface area (Å²) in [4.78, 5) is 29.6. The van der Waals surface area contributed by atoms with Gasteiger partial charge in [-0.1, -0.05) is 25.1 Å². The number of hydrogen-bond acceptors (Lipinski definition) is 5. The lowest BCUT2D eigenvalue weighted by Crippen LogP contribution is -2.16. The molecule has 4 aromatic rings. The lowest BCUT2D eigenvalue weighted by molar-refractivity contribution is 0.102. The lowest BCUT2D eigenvalue weighted by atomic mass is 9.96. The van der Waals surface area contributed by atoms with Crippen molar-refractivity contribution in [2.75, 3.05) is 10.6 Å². The number of anilines is 3. The number of benzene rings is 3. The molecule has 2 N–H and O–H groups in total. The van der Waals surface area contributed by atoms with E-state index in [4.69, 9.17) is 5.26 Å². The van der Waals surface area contributed by atoms with Crippen molar-refractivity contribution in [2.45, 2.75) is 26.2 Å². The van der Waals surface area contributed by atoms with Gasteiger partial charge in [0.05, 0.1) is 23.3 Å². The van der Waals surface area contributed by atoms with Gasteiger partial charge in [-0.05, 0) is 66.4 Å². The normalized spacial score (nSPS) is 11.6. The molecule has 1 unspecified atom stereocenters. The molecule has 3 aromatic carbocycles. The second kappa shape index (κ2) is 9.59. The van der Waals surface area contributed by atoms with Crippen molar-refractivity contribution >= 4 is 33.9 Å². The molecular formula is C27H25N5O2. The summed E-state index contributed by atoms with van der Waals surface area (Å²) in [6.07, 6.45) is 1.91. The Kier molecular flexibility index (Phi) is 6.42. The van der Waals surface area contributed by atoms with Crippen molar-refractivity contribution in [1.29, 1.82) is 5.26 Å². The first kappa shape index (κ1) is 22.7. The zero-order valence-electron chi connectivity index (χ0n) is 19.3. The molecule has 170 valence electrons. The molecule has 1 aromatic heterocycles. The number of carbonyl (C=O) groups is 1. The number of hydrogen-bond donors (Lipinski definition) is 2. The maximum atomic E-state index is 12.9. The minimum atomic E-state index is -0.221. The van der Waals surface area contributed by atoms with Crippen LogP contribution in [0.4, 0.5) is 17.1 Å². The standard InChI is InChI=1S/C27H25N5O2/c1-17(11-12-28)19-5-4-6-20(13-19)26(33)31-22-8-7-18(2)25(15-22)30-21-9-10-24-23(14-21)27(34)32(3)16-29-24/h4-10,13-17,30H,11H2,1-3H3,(H,31,33). The summed E-state index contributed by atoms with van der Waals surface area (Å²) in [7, 11) is 1.67.